The van der Waals surface area contributed by atoms with Crippen molar-refractivity contribution in [3.8, 4) is 6.07 Å². The zero-order valence-electron chi connectivity index (χ0n) is 10.8. The zero-order chi connectivity index (χ0) is 13.3. The van der Waals surface area contributed by atoms with Crippen molar-refractivity contribution in [3.05, 3.63) is 35.1 Å². The van der Waals surface area contributed by atoms with Gasteiger partial charge in [0.25, 0.3) is 0 Å². The van der Waals surface area contributed by atoms with Gasteiger partial charge in [-0.3, -0.25) is 0 Å². The van der Waals surface area contributed by atoms with Crippen LogP contribution in [-0.4, -0.2) is 10.7 Å². The average Bonchev–Trinajstić information content (AvgIpc) is 2.29. The van der Waals surface area contributed by atoms with Gasteiger partial charge in [-0.25, -0.2) is 4.39 Å². The van der Waals surface area contributed by atoms with Gasteiger partial charge in [0.2, 0.25) is 0 Å². The molecule has 0 bridgehead atoms. The summed E-state index contributed by atoms with van der Waals surface area (Å²) in [6, 6.07) is 6.83. The quantitative estimate of drug-likeness (QED) is 0.872. The smallest absolute Gasteiger partial charge is 0.123 e. The average molecular weight is 247 g/mol. The van der Waals surface area contributed by atoms with Gasteiger partial charge in [-0.1, -0.05) is 19.9 Å². The van der Waals surface area contributed by atoms with Crippen LogP contribution in [0.3, 0.4) is 0 Å². The summed E-state index contributed by atoms with van der Waals surface area (Å²) in [5.41, 5.74) is 0.986. The Balaban J connectivity index is 2.49. The molecule has 0 aromatic heterocycles. The molecule has 1 aliphatic carbocycles. The van der Waals surface area contributed by atoms with Gasteiger partial charge < -0.3 is 5.11 Å². The molecule has 0 aliphatic heterocycles. The fourth-order valence-electron chi connectivity index (χ4n) is 3.21. The number of halogens is 1. The Hall–Kier alpha value is -1.40. The molecule has 0 spiro atoms. The van der Waals surface area contributed by atoms with Crippen LogP contribution in [0.15, 0.2) is 18.2 Å². The summed E-state index contributed by atoms with van der Waals surface area (Å²) in [5.74, 6) is -0.114. The van der Waals surface area contributed by atoms with E-state index < -0.39 is 5.60 Å². The second kappa shape index (κ2) is 4.70. The molecule has 96 valence electrons. The fraction of sp³-hybridized carbons (Fsp3) is 0.533. The van der Waals surface area contributed by atoms with Crippen LogP contribution in [0.2, 0.25) is 0 Å². The van der Waals surface area contributed by atoms with Crippen molar-refractivity contribution >= 4 is 0 Å². The van der Waals surface area contributed by atoms with Crippen LogP contribution in [0, 0.1) is 23.1 Å². The van der Waals surface area contributed by atoms with E-state index in [9.17, 15) is 9.50 Å². The SMILES string of the molecule is CC(C)C1c2ccc(F)cc2CC[C@]1(O)CC#N. The van der Waals surface area contributed by atoms with Crippen LogP contribution in [-0.2, 0) is 6.42 Å². The van der Waals surface area contributed by atoms with Crippen molar-refractivity contribution in [2.45, 2.75) is 44.6 Å². The third kappa shape index (κ3) is 2.13. The van der Waals surface area contributed by atoms with Gasteiger partial charge in [-0.15, -0.1) is 0 Å². The molecular weight excluding hydrogens is 229 g/mol. The molecule has 1 N–H and O–H groups in total. The molecule has 2 nitrogen and oxygen atoms in total. The standard InChI is InChI=1S/C15H18FNO/c1-10(2)14-13-4-3-12(16)9-11(13)5-6-15(14,18)7-8-17/h3-4,9-10,14,18H,5-7H2,1-2H3/t14?,15-/m0/s1. The lowest BCUT2D eigenvalue weighted by Crippen LogP contribution is -2.42. The number of fused-ring (bicyclic) bond motifs is 1. The van der Waals surface area contributed by atoms with E-state index >= 15 is 0 Å². The summed E-state index contributed by atoms with van der Waals surface area (Å²) < 4.78 is 13.2. The number of aryl methyl sites for hydroxylation is 1. The molecule has 0 heterocycles. The van der Waals surface area contributed by atoms with Gasteiger partial charge in [-0.2, -0.15) is 5.26 Å². The molecule has 1 unspecified atom stereocenters. The predicted molar refractivity (Wildman–Crippen MR) is 67.5 cm³/mol. The number of hydrogen-bond acceptors (Lipinski definition) is 2. The first-order valence-corrected chi connectivity index (χ1v) is 6.35. The Morgan fingerprint density at radius 2 is 2.28 bits per heavy atom. The second-order valence-corrected chi connectivity index (χ2v) is 5.50. The zero-order valence-corrected chi connectivity index (χ0v) is 10.8. The molecule has 2 atom stereocenters. The predicted octanol–water partition coefficient (Wildman–Crippen LogP) is 3.16. The Morgan fingerprint density at radius 3 is 2.89 bits per heavy atom. The lowest BCUT2D eigenvalue weighted by molar-refractivity contribution is -0.0130. The normalized spacial score (nSPS) is 26.8. The Kier molecular flexibility index (Phi) is 3.41. The molecule has 1 aliphatic rings. The van der Waals surface area contributed by atoms with Crippen LogP contribution < -0.4 is 0 Å². The van der Waals surface area contributed by atoms with E-state index in [1.54, 1.807) is 12.1 Å². The van der Waals surface area contributed by atoms with Gasteiger partial charge in [-0.05, 0) is 42.0 Å². The molecule has 0 saturated carbocycles. The van der Waals surface area contributed by atoms with Crippen molar-refractivity contribution in [1.82, 2.24) is 0 Å². The van der Waals surface area contributed by atoms with Crippen molar-refractivity contribution in [2.75, 3.05) is 0 Å². The Bertz CT molecular complexity index is 492. The minimum atomic E-state index is -0.978. The van der Waals surface area contributed by atoms with E-state index in [1.165, 1.54) is 6.07 Å². The summed E-state index contributed by atoms with van der Waals surface area (Å²) in [5, 5.41) is 19.6. The van der Waals surface area contributed by atoms with Crippen molar-refractivity contribution in [2.24, 2.45) is 5.92 Å². The molecule has 0 amide bonds. The maximum Gasteiger partial charge on any atom is 0.123 e. The lowest BCUT2D eigenvalue weighted by Gasteiger charge is -2.42. The highest BCUT2D eigenvalue weighted by Crippen LogP contribution is 2.45. The van der Waals surface area contributed by atoms with Crippen molar-refractivity contribution < 1.29 is 9.50 Å². The summed E-state index contributed by atoms with van der Waals surface area (Å²) in [6.07, 6.45) is 1.29. The molecule has 18 heavy (non-hydrogen) atoms. The van der Waals surface area contributed by atoms with E-state index in [2.05, 4.69) is 6.07 Å². The third-order valence-corrected chi connectivity index (χ3v) is 3.90. The molecule has 0 saturated heterocycles. The van der Waals surface area contributed by atoms with Crippen LogP contribution in [0.4, 0.5) is 4.39 Å². The van der Waals surface area contributed by atoms with E-state index in [4.69, 9.17) is 5.26 Å². The molecule has 1 aromatic rings. The van der Waals surface area contributed by atoms with Gasteiger partial charge in [0.05, 0.1) is 18.1 Å². The summed E-state index contributed by atoms with van der Waals surface area (Å²) in [7, 11) is 0. The highest BCUT2D eigenvalue weighted by atomic mass is 19.1. The van der Waals surface area contributed by atoms with Gasteiger partial charge >= 0.3 is 0 Å². The van der Waals surface area contributed by atoms with E-state index in [0.29, 0.717) is 12.8 Å². The molecule has 0 radical (unpaired) electrons. The number of aliphatic hydroxyl groups is 1. The first-order chi connectivity index (χ1) is 8.48. The van der Waals surface area contributed by atoms with Crippen molar-refractivity contribution in [1.29, 1.82) is 5.26 Å². The molecule has 0 fully saturated rings. The minimum Gasteiger partial charge on any atom is -0.388 e. The summed E-state index contributed by atoms with van der Waals surface area (Å²) >= 11 is 0. The Labute approximate surface area is 107 Å². The van der Waals surface area contributed by atoms with Crippen LogP contribution in [0.5, 0.6) is 0 Å². The fourth-order valence-corrected chi connectivity index (χ4v) is 3.21. The van der Waals surface area contributed by atoms with Crippen LogP contribution >= 0.6 is 0 Å². The minimum absolute atomic E-state index is 0.0958. The number of nitrogens with zero attached hydrogens (tertiary/aromatic N) is 1. The third-order valence-electron chi connectivity index (χ3n) is 3.90. The van der Waals surface area contributed by atoms with E-state index in [-0.39, 0.29) is 24.1 Å². The topological polar surface area (TPSA) is 44.0 Å². The summed E-state index contributed by atoms with van der Waals surface area (Å²) in [4.78, 5) is 0. The number of rotatable bonds is 2. The monoisotopic (exact) mass is 247 g/mol. The van der Waals surface area contributed by atoms with E-state index in [1.807, 2.05) is 13.8 Å². The maximum atomic E-state index is 13.2. The first-order valence-electron chi connectivity index (χ1n) is 6.35. The largest absolute Gasteiger partial charge is 0.388 e. The van der Waals surface area contributed by atoms with Gasteiger partial charge in [0.1, 0.15) is 5.82 Å². The lowest BCUT2D eigenvalue weighted by atomic mass is 9.66. The molecule has 2 rings (SSSR count). The second-order valence-electron chi connectivity index (χ2n) is 5.50. The molecular formula is C15H18FNO. The van der Waals surface area contributed by atoms with Crippen LogP contribution in [0.1, 0.15) is 43.7 Å². The number of hydrogen-bond donors (Lipinski definition) is 1. The van der Waals surface area contributed by atoms with Gasteiger partial charge in [0.15, 0.2) is 0 Å². The highest BCUT2D eigenvalue weighted by Gasteiger charge is 2.43. The van der Waals surface area contributed by atoms with Gasteiger partial charge in [0, 0.05) is 5.92 Å². The van der Waals surface area contributed by atoms with Crippen molar-refractivity contribution in [3.63, 3.8) is 0 Å². The first kappa shape index (κ1) is 13.0. The summed E-state index contributed by atoms with van der Waals surface area (Å²) in [6.45, 7) is 4.07. The highest BCUT2D eigenvalue weighted by molar-refractivity contribution is 5.37. The molecule has 3 heteroatoms. The number of nitriles is 1. The van der Waals surface area contributed by atoms with Crippen LogP contribution in [0.25, 0.3) is 0 Å². The van der Waals surface area contributed by atoms with E-state index in [0.717, 1.165) is 11.1 Å². The number of benzene rings is 1. The Morgan fingerprint density at radius 1 is 1.56 bits per heavy atom. The molecule has 1 aromatic carbocycles. The maximum absolute atomic E-state index is 13.2.